The van der Waals surface area contributed by atoms with Gasteiger partial charge in [0.1, 0.15) is 5.00 Å². The Morgan fingerprint density at radius 2 is 1.74 bits per heavy atom. The van der Waals surface area contributed by atoms with Gasteiger partial charge in [-0.1, -0.05) is 6.92 Å². The van der Waals surface area contributed by atoms with E-state index in [2.05, 4.69) is 5.32 Å². The number of carbonyl (C=O) groups excluding carboxylic acids is 3. The highest BCUT2D eigenvalue weighted by molar-refractivity contribution is 7.89. The summed E-state index contributed by atoms with van der Waals surface area (Å²) in [5.74, 6) is -0.301. The smallest absolute Gasteiger partial charge is 0.257 e. The lowest BCUT2D eigenvalue weighted by Crippen LogP contribution is -2.41. The molecule has 210 valence electrons. The van der Waals surface area contributed by atoms with Crippen molar-refractivity contribution in [3.05, 3.63) is 45.8 Å². The Balaban J connectivity index is 1.39. The number of rotatable bonds is 5. The fraction of sp³-hybridized carbons (Fsp3) is 0.519. The molecule has 2 fully saturated rings. The van der Waals surface area contributed by atoms with Gasteiger partial charge in [0.25, 0.3) is 11.8 Å². The number of anilines is 1. The highest BCUT2D eigenvalue weighted by atomic mass is 32.2. The van der Waals surface area contributed by atoms with E-state index in [1.807, 2.05) is 6.92 Å². The van der Waals surface area contributed by atoms with Gasteiger partial charge >= 0.3 is 0 Å². The number of carbonyl (C=O) groups is 3. The average molecular weight is 575 g/mol. The van der Waals surface area contributed by atoms with E-state index < -0.39 is 15.9 Å². The first-order valence-electron chi connectivity index (χ1n) is 13.3. The molecule has 3 aliphatic rings. The minimum absolute atomic E-state index is 0.0326. The Labute approximate surface area is 233 Å². The first-order chi connectivity index (χ1) is 18.6. The number of nitrogens with one attached hydrogen (secondary N) is 1. The molecule has 1 unspecified atom stereocenters. The zero-order chi connectivity index (χ0) is 27.7. The van der Waals surface area contributed by atoms with E-state index in [1.54, 1.807) is 9.80 Å². The normalized spacial score (nSPS) is 20.4. The van der Waals surface area contributed by atoms with Crippen molar-refractivity contribution in [3.8, 4) is 0 Å². The minimum atomic E-state index is -3.63. The Morgan fingerprint density at radius 3 is 2.41 bits per heavy atom. The number of sulfonamides is 1. The molecule has 1 aromatic heterocycles. The van der Waals surface area contributed by atoms with E-state index in [4.69, 9.17) is 4.74 Å². The molecular weight excluding hydrogens is 540 g/mol. The standard InChI is InChI=1S/C27H34N4O6S2/c1-18-4-3-10-31(16-18)39(35,36)21-7-5-20(6-8-21)25(33)28-26-24(27(34)29-12-14-37-15-13-29)22-9-11-30(19(2)32)17-23(22)38-26/h5-8,18H,3-4,9-17H2,1-2H3,(H,28,33). The van der Waals surface area contributed by atoms with Crippen LogP contribution in [0.2, 0.25) is 0 Å². The molecule has 3 amide bonds. The van der Waals surface area contributed by atoms with Crippen LogP contribution >= 0.6 is 11.3 Å². The number of hydrogen-bond donors (Lipinski definition) is 1. The van der Waals surface area contributed by atoms with Crippen LogP contribution in [0.1, 0.15) is 57.8 Å². The Hall–Kier alpha value is -2.80. The van der Waals surface area contributed by atoms with E-state index in [9.17, 15) is 22.8 Å². The first kappa shape index (κ1) is 27.8. The number of amides is 3. The van der Waals surface area contributed by atoms with Gasteiger partial charge in [-0.25, -0.2) is 8.42 Å². The number of piperidine rings is 1. The third-order valence-corrected chi connectivity index (χ3v) is 10.6. The van der Waals surface area contributed by atoms with Crippen molar-refractivity contribution in [2.75, 3.05) is 51.3 Å². The van der Waals surface area contributed by atoms with Gasteiger partial charge in [0.05, 0.1) is 30.2 Å². The van der Waals surface area contributed by atoms with Gasteiger partial charge in [0, 0.05) is 50.1 Å². The lowest BCUT2D eigenvalue weighted by molar-refractivity contribution is -0.129. The van der Waals surface area contributed by atoms with E-state index in [-0.39, 0.29) is 16.7 Å². The maximum Gasteiger partial charge on any atom is 0.257 e. The molecule has 12 heteroatoms. The number of ether oxygens (including phenoxy) is 1. The molecule has 4 heterocycles. The molecule has 0 aliphatic carbocycles. The predicted octanol–water partition coefficient (Wildman–Crippen LogP) is 2.80. The predicted molar refractivity (Wildman–Crippen MR) is 147 cm³/mol. The summed E-state index contributed by atoms with van der Waals surface area (Å²) in [4.78, 5) is 43.4. The summed E-state index contributed by atoms with van der Waals surface area (Å²) in [6, 6.07) is 5.94. The molecule has 39 heavy (non-hydrogen) atoms. The topological polar surface area (TPSA) is 116 Å². The maximum atomic E-state index is 13.6. The van der Waals surface area contributed by atoms with Gasteiger partial charge in [-0.15, -0.1) is 11.3 Å². The Bertz CT molecular complexity index is 1370. The lowest BCUT2D eigenvalue weighted by atomic mass is 10.0. The number of fused-ring (bicyclic) bond motifs is 1. The van der Waals surface area contributed by atoms with Crippen LogP contribution in [0.3, 0.4) is 0 Å². The van der Waals surface area contributed by atoms with Crippen molar-refractivity contribution in [3.63, 3.8) is 0 Å². The van der Waals surface area contributed by atoms with Crippen LogP contribution in [0, 0.1) is 5.92 Å². The van der Waals surface area contributed by atoms with Crippen molar-refractivity contribution in [1.82, 2.24) is 14.1 Å². The fourth-order valence-electron chi connectivity index (χ4n) is 5.38. The summed E-state index contributed by atoms with van der Waals surface area (Å²) >= 11 is 1.32. The lowest BCUT2D eigenvalue weighted by Gasteiger charge is -2.30. The number of hydrogen-bond acceptors (Lipinski definition) is 7. The number of thiophene rings is 1. The van der Waals surface area contributed by atoms with Gasteiger partial charge in [0.15, 0.2) is 0 Å². The highest BCUT2D eigenvalue weighted by Crippen LogP contribution is 2.38. The van der Waals surface area contributed by atoms with Crippen LogP contribution in [-0.4, -0.2) is 86.2 Å². The Kier molecular flexibility index (Phi) is 8.08. The van der Waals surface area contributed by atoms with Crippen LogP contribution in [0.5, 0.6) is 0 Å². The number of morpholine rings is 1. The van der Waals surface area contributed by atoms with Crippen molar-refractivity contribution in [2.45, 2.75) is 44.6 Å². The molecule has 1 aromatic carbocycles. The SMILES string of the molecule is CC(=O)N1CCc2c(sc(NC(=O)c3ccc(S(=O)(=O)N4CCCC(C)C4)cc3)c2C(=O)N2CCOCC2)C1. The molecule has 10 nitrogen and oxygen atoms in total. The van der Waals surface area contributed by atoms with E-state index in [0.717, 1.165) is 23.3 Å². The van der Waals surface area contributed by atoms with Crippen molar-refractivity contribution in [1.29, 1.82) is 0 Å². The van der Waals surface area contributed by atoms with E-state index in [1.165, 1.54) is 46.8 Å². The summed E-state index contributed by atoms with van der Waals surface area (Å²) in [5, 5.41) is 3.36. The van der Waals surface area contributed by atoms with E-state index >= 15 is 0 Å². The first-order valence-corrected chi connectivity index (χ1v) is 15.6. The molecule has 0 spiro atoms. The van der Waals surface area contributed by atoms with E-state index in [0.29, 0.717) is 80.9 Å². The molecule has 5 rings (SSSR count). The van der Waals surface area contributed by atoms with Crippen LogP contribution in [-0.2, 0) is 32.5 Å². The molecule has 0 radical (unpaired) electrons. The number of nitrogens with zero attached hydrogens (tertiary/aromatic N) is 3. The third kappa shape index (κ3) is 5.74. The van der Waals surface area contributed by atoms with Gasteiger partial charge in [-0.3, -0.25) is 14.4 Å². The van der Waals surface area contributed by atoms with Crippen molar-refractivity contribution in [2.24, 2.45) is 5.92 Å². The number of benzene rings is 1. The van der Waals surface area contributed by atoms with Crippen molar-refractivity contribution >= 4 is 44.1 Å². The third-order valence-electron chi connectivity index (χ3n) is 7.62. The monoisotopic (exact) mass is 574 g/mol. The minimum Gasteiger partial charge on any atom is -0.378 e. The van der Waals surface area contributed by atoms with Crippen LogP contribution in [0.15, 0.2) is 29.2 Å². The molecule has 0 bridgehead atoms. The Morgan fingerprint density at radius 1 is 1.03 bits per heavy atom. The van der Waals surface area contributed by atoms with Crippen LogP contribution in [0.25, 0.3) is 0 Å². The van der Waals surface area contributed by atoms with Gasteiger partial charge < -0.3 is 19.9 Å². The second-order valence-electron chi connectivity index (χ2n) is 10.4. The second kappa shape index (κ2) is 11.4. The zero-order valence-corrected chi connectivity index (χ0v) is 23.9. The zero-order valence-electron chi connectivity index (χ0n) is 22.3. The molecule has 3 aliphatic heterocycles. The average Bonchev–Trinajstić information content (AvgIpc) is 3.30. The largest absolute Gasteiger partial charge is 0.378 e. The maximum absolute atomic E-state index is 13.6. The highest BCUT2D eigenvalue weighted by Gasteiger charge is 2.33. The summed E-state index contributed by atoms with van der Waals surface area (Å²) in [6.07, 6.45) is 2.38. The van der Waals surface area contributed by atoms with Gasteiger partial charge in [0.2, 0.25) is 15.9 Å². The molecule has 2 aromatic rings. The quantitative estimate of drug-likeness (QED) is 0.587. The summed E-state index contributed by atoms with van der Waals surface area (Å²) < 4.78 is 33.1. The molecular formula is C27H34N4O6S2. The second-order valence-corrected chi connectivity index (χ2v) is 13.4. The van der Waals surface area contributed by atoms with Crippen LogP contribution in [0.4, 0.5) is 5.00 Å². The summed E-state index contributed by atoms with van der Waals surface area (Å²) in [6.45, 7) is 7.35. The summed E-state index contributed by atoms with van der Waals surface area (Å²) in [5.41, 5.74) is 1.65. The molecule has 1 atom stereocenters. The molecule has 1 N–H and O–H groups in total. The molecule has 2 saturated heterocycles. The van der Waals surface area contributed by atoms with Gasteiger partial charge in [-0.2, -0.15) is 4.31 Å². The van der Waals surface area contributed by atoms with Gasteiger partial charge in [-0.05, 0) is 55.0 Å². The molecule has 0 saturated carbocycles. The summed E-state index contributed by atoms with van der Waals surface area (Å²) in [7, 11) is -3.63. The van der Waals surface area contributed by atoms with Crippen LogP contribution < -0.4 is 5.32 Å². The fourth-order valence-corrected chi connectivity index (χ4v) is 8.23. The van der Waals surface area contributed by atoms with Crippen molar-refractivity contribution < 1.29 is 27.5 Å².